The highest BCUT2D eigenvalue weighted by molar-refractivity contribution is 5.92. The van der Waals surface area contributed by atoms with Crippen LogP contribution in [0.25, 0.3) is 0 Å². The molecule has 2 rings (SSSR count). The zero-order valence-corrected chi connectivity index (χ0v) is 24.1. The van der Waals surface area contributed by atoms with Crippen molar-refractivity contribution in [3.05, 3.63) is 48.0 Å². The van der Waals surface area contributed by atoms with Crippen LogP contribution in [-0.4, -0.2) is 72.3 Å². The molecule has 5 atom stereocenters. The van der Waals surface area contributed by atoms with Gasteiger partial charge in [0.15, 0.2) is 0 Å². The van der Waals surface area contributed by atoms with Crippen molar-refractivity contribution >= 4 is 29.8 Å². The molecule has 4 amide bonds. The minimum atomic E-state index is -1.39. The fourth-order valence-electron chi connectivity index (χ4n) is 4.29. The third kappa shape index (κ3) is 12.0. The Morgan fingerprint density at radius 3 is 2.34 bits per heavy atom. The van der Waals surface area contributed by atoms with Gasteiger partial charge in [0.25, 0.3) is 0 Å². The van der Waals surface area contributed by atoms with Gasteiger partial charge in [0, 0.05) is 24.6 Å². The molecule has 1 fully saturated rings. The zero-order valence-electron chi connectivity index (χ0n) is 24.1. The molecular formula is C29H42N4O8. The van der Waals surface area contributed by atoms with Gasteiger partial charge < -0.3 is 35.8 Å². The average molecular weight is 575 g/mol. The van der Waals surface area contributed by atoms with Crippen molar-refractivity contribution < 1.29 is 38.6 Å². The van der Waals surface area contributed by atoms with Crippen molar-refractivity contribution in [2.75, 3.05) is 13.2 Å². The Morgan fingerprint density at radius 1 is 1.05 bits per heavy atom. The molecule has 12 nitrogen and oxygen atoms in total. The number of hydrogen-bond donors (Lipinski definition) is 5. The molecule has 1 aromatic rings. The van der Waals surface area contributed by atoms with E-state index in [1.54, 1.807) is 31.2 Å². The quantitative estimate of drug-likeness (QED) is 0.154. The van der Waals surface area contributed by atoms with Crippen LogP contribution in [-0.2, 0) is 35.3 Å². The van der Waals surface area contributed by atoms with Crippen LogP contribution in [0.4, 0.5) is 4.79 Å². The number of carbonyl (C=O) groups is 5. The molecule has 1 saturated heterocycles. The van der Waals surface area contributed by atoms with Crippen molar-refractivity contribution in [2.45, 2.75) is 77.8 Å². The normalized spacial score (nSPS) is 17.7. The van der Waals surface area contributed by atoms with Crippen LogP contribution in [0.2, 0.25) is 0 Å². The highest BCUT2D eigenvalue weighted by Crippen LogP contribution is 2.17. The lowest BCUT2D eigenvalue weighted by Crippen LogP contribution is -2.58. The SMILES string of the molecule is CCOC(=O)C=C[C@H](CC1CCNC1=O)NC(=O)[C@@H](CC(C)C)NC(=O)[C@@H](NC(=O)OCc1ccccc1)C(C)O. The van der Waals surface area contributed by atoms with E-state index < -0.39 is 48.1 Å². The third-order valence-corrected chi connectivity index (χ3v) is 6.37. The largest absolute Gasteiger partial charge is 0.463 e. The second-order valence-electron chi connectivity index (χ2n) is 10.4. The molecule has 0 aromatic heterocycles. The summed E-state index contributed by atoms with van der Waals surface area (Å²) >= 11 is 0. The van der Waals surface area contributed by atoms with Gasteiger partial charge in [-0.1, -0.05) is 50.3 Å². The Hall–Kier alpha value is -3.93. The molecule has 12 heteroatoms. The van der Waals surface area contributed by atoms with Crippen LogP contribution in [0.1, 0.15) is 52.5 Å². The highest BCUT2D eigenvalue weighted by atomic mass is 16.5. The fraction of sp³-hybridized carbons (Fsp3) is 0.552. The van der Waals surface area contributed by atoms with Gasteiger partial charge in [0.05, 0.1) is 12.7 Å². The van der Waals surface area contributed by atoms with Gasteiger partial charge in [0.1, 0.15) is 18.7 Å². The molecule has 226 valence electrons. The maximum absolute atomic E-state index is 13.4. The molecule has 41 heavy (non-hydrogen) atoms. The fourth-order valence-corrected chi connectivity index (χ4v) is 4.29. The molecule has 0 radical (unpaired) electrons. The van der Waals surface area contributed by atoms with Gasteiger partial charge in [0.2, 0.25) is 17.7 Å². The third-order valence-electron chi connectivity index (χ3n) is 6.37. The maximum atomic E-state index is 13.4. The van der Waals surface area contributed by atoms with E-state index in [9.17, 15) is 29.1 Å². The summed E-state index contributed by atoms with van der Waals surface area (Å²) in [7, 11) is 0. The summed E-state index contributed by atoms with van der Waals surface area (Å²) in [6.45, 7) is 7.44. The molecule has 1 aliphatic heterocycles. The monoisotopic (exact) mass is 574 g/mol. The van der Waals surface area contributed by atoms with Crippen LogP contribution in [0.3, 0.4) is 0 Å². The highest BCUT2D eigenvalue weighted by Gasteiger charge is 2.32. The number of esters is 1. The molecule has 1 aromatic carbocycles. The summed E-state index contributed by atoms with van der Waals surface area (Å²) in [5, 5.41) is 20.8. The van der Waals surface area contributed by atoms with Gasteiger partial charge in [-0.2, -0.15) is 0 Å². The lowest BCUT2D eigenvalue weighted by Gasteiger charge is -2.27. The smallest absolute Gasteiger partial charge is 0.408 e. The van der Waals surface area contributed by atoms with Gasteiger partial charge in [-0.25, -0.2) is 9.59 Å². The number of rotatable bonds is 15. The first-order valence-electron chi connectivity index (χ1n) is 13.9. The molecule has 5 N–H and O–H groups in total. The Kier molecular flexibility index (Phi) is 13.8. The number of nitrogens with one attached hydrogen (secondary N) is 4. The molecule has 1 aliphatic rings. The van der Waals surface area contributed by atoms with Crippen LogP contribution in [0.15, 0.2) is 42.5 Å². The Bertz CT molecular complexity index is 1060. The molecule has 0 bridgehead atoms. The Morgan fingerprint density at radius 2 is 1.76 bits per heavy atom. The van der Waals surface area contributed by atoms with Crippen molar-refractivity contribution in [2.24, 2.45) is 11.8 Å². The topological polar surface area (TPSA) is 172 Å². The lowest BCUT2D eigenvalue weighted by molar-refractivity contribution is -0.137. The molecule has 2 unspecified atom stereocenters. The predicted octanol–water partition coefficient (Wildman–Crippen LogP) is 1.32. The first-order valence-corrected chi connectivity index (χ1v) is 13.9. The standard InChI is InChI=1S/C29H42N4O8/c1-5-40-24(35)12-11-22(16-21-13-14-30-26(21)36)31-27(37)23(15-18(2)3)32-28(38)25(19(4)34)33-29(39)41-17-20-9-7-6-8-10-20/h6-12,18-19,21-23,25,34H,5,13-17H2,1-4H3,(H,30,36)(H,31,37)(H,32,38)(H,33,39)/t19?,21?,22-,23-,25+/m1/s1. The van der Waals surface area contributed by atoms with Gasteiger partial charge in [-0.3, -0.25) is 14.4 Å². The predicted molar refractivity (Wildman–Crippen MR) is 150 cm³/mol. The minimum Gasteiger partial charge on any atom is -0.463 e. The number of ether oxygens (including phenoxy) is 2. The first-order chi connectivity index (χ1) is 19.5. The van der Waals surface area contributed by atoms with Gasteiger partial charge in [-0.05, 0) is 44.6 Å². The van der Waals surface area contributed by atoms with E-state index in [2.05, 4.69) is 21.3 Å². The summed E-state index contributed by atoms with van der Waals surface area (Å²) in [5.74, 6) is -2.39. The minimum absolute atomic E-state index is 0.00557. The zero-order chi connectivity index (χ0) is 30.4. The summed E-state index contributed by atoms with van der Waals surface area (Å²) in [5.41, 5.74) is 0.746. The number of alkyl carbamates (subject to hydrolysis) is 1. The maximum Gasteiger partial charge on any atom is 0.408 e. The van der Waals surface area contributed by atoms with Crippen molar-refractivity contribution in [3.8, 4) is 0 Å². The average Bonchev–Trinajstić information content (AvgIpc) is 3.32. The van der Waals surface area contributed by atoms with E-state index in [4.69, 9.17) is 9.47 Å². The number of carbonyl (C=O) groups excluding carboxylic acids is 5. The van der Waals surface area contributed by atoms with Crippen LogP contribution in [0, 0.1) is 11.8 Å². The van der Waals surface area contributed by atoms with Crippen LogP contribution in [0.5, 0.6) is 0 Å². The number of hydrogen-bond acceptors (Lipinski definition) is 8. The summed E-state index contributed by atoms with van der Waals surface area (Å²) in [4.78, 5) is 62.9. The van der Waals surface area contributed by atoms with E-state index in [0.717, 1.165) is 5.56 Å². The Labute approximate surface area is 240 Å². The molecular weight excluding hydrogens is 532 g/mol. The number of aliphatic hydroxyl groups is 1. The van der Waals surface area contributed by atoms with Crippen molar-refractivity contribution in [3.63, 3.8) is 0 Å². The summed E-state index contributed by atoms with van der Waals surface area (Å²) < 4.78 is 10.1. The number of amides is 4. The van der Waals surface area contributed by atoms with Crippen LogP contribution < -0.4 is 21.3 Å². The number of aliphatic hydroxyl groups excluding tert-OH is 1. The van der Waals surface area contributed by atoms with E-state index in [-0.39, 0.29) is 43.8 Å². The van der Waals surface area contributed by atoms with E-state index in [0.29, 0.717) is 13.0 Å². The lowest BCUT2D eigenvalue weighted by atomic mass is 9.96. The second-order valence-corrected chi connectivity index (χ2v) is 10.4. The molecule has 0 aliphatic carbocycles. The first kappa shape index (κ1) is 33.3. The van der Waals surface area contributed by atoms with Gasteiger partial charge >= 0.3 is 12.1 Å². The summed E-state index contributed by atoms with van der Waals surface area (Å²) in [6, 6.07) is 5.86. The van der Waals surface area contributed by atoms with Gasteiger partial charge in [-0.15, -0.1) is 0 Å². The number of benzene rings is 1. The van der Waals surface area contributed by atoms with Crippen molar-refractivity contribution in [1.29, 1.82) is 0 Å². The molecule has 1 heterocycles. The van der Waals surface area contributed by atoms with E-state index >= 15 is 0 Å². The molecule has 0 saturated carbocycles. The van der Waals surface area contributed by atoms with Crippen molar-refractivity contribution in [1.82, 2.24) is 21.3 Å². The van der Waals surface area contributed by atoms with Crippen LogP contribution >= 0.6 is 0 Å². The Balaban J connectivity index is 2.10. The second kappa shape index (κ2) is 17.0. The van der Waals surface area contributed by atoms with E-state index in [1.165, 1.54) is 19.1 Å². The van der Waals surface area contributed by atoms with E-state index in [1.807, 2.05) is 19.9 Å². The molecule has 0 spiro atoms. The summed E-state index contributed by atoms with van der Waals surface area (Å²) in [6.07, 6.45) is 1.57.